The van der Waals surface area contributed by atoms with Crippen LogP contribution in [0.4, 0.5) is 18.9 Å². The largest absolute Gasteiger partial charge is 0.469 e. The fraction of sp³-hybridized carbons (Fsp3) is 0.222. The summed E-state index contributed by atoms with van der Waals surface area (Å²) in [4.78, 5) is 15.1. The van der Waals surface area contributed by atoms with Crippen molar-refractivity contribution in [2.75, 3.05) is 5.32 Å². The van der Waals surface area contributed by atoms with Crippen LogP contribution in [0, 0.1) is 0 Å². The van der Waals surface area contributed by atoms with Crippen molar-refractivity contribution in [3.8, 4) is 5.88 Å². The van der Waals surface area contributed by atoms with E-state index in [0.717, 1.165) is 29.8 Å². The number of anilines is 1. The number of fused-ring (bicyclic) bond motifs is 1. The van der Waals surface area contributed by atoms with Gasteiger partial charge in [-0.15, -0.1) is 0 Å². The summed E-state index contributed by atoms with van der Waals surface area (Å²) in [6.45, 7) is 3.40. The summed E-state index contributed by atoms with van der Waals surface area (Å²) in [5, 5.41) is 2.68. The van der Waals surface area contributed by atoms with E-state index in [1.165, 1.54) is 12.1 Å². The van der Waals surface area contributed by atoms with Crippen LogP contribution >= 0.6 is 0 Å². The van der Waals surface area contributed by atoms with Gasteiger partial charge in [0.2, 0.25) is 11.8 Å². The highest BCUT2D eigenvalue weighted by atomic mass is 19.4. The summed E-state index contributed by atoms with van der Waals surface area (Å²) in [5.41, 5.74) is 1.76. The first-order valence-corrected chi connectivity index (χ1v) is 7.63. The molecule has 1 aromatic heterocycles. The summed E-state index contributed by atoms with van der Waals surface area (Å²) in [6, 6.07) is 7.65. The van der Waals surface area contributed by atoms with Crippen molar-refractivity contribution in [1.29, 1.82) is 0 Å². The van der Waals surface area contributed by atoms with Crippen LogP contribution in [-0.4, -0.2) is 10.9 Å². The zero-order chi connectivity index (χ0) is 18.0. The number of aromatic nitrogens is 1. The Morgan fingerprint density at radius 3 is 2.76 bits per heavy atom. The molecule has 3 rings (SSSR count). The summed E-state index contributed by atoms with van der Waals surface area (Å²) in [6.07, 6.45) is -1.34. The highest BCUT2D eigenvalue weighted by Gasteiger charge is 2.31. The Morgan fingerprint density at radius 1 is 1.32 bits per heavy atom. The Morgan fingerprint density at radius 2 is 2.12 bits per heavy atom. The number of amides is 1. The van der Waals surface area contributed by atoms with Crippen molar-refractivity contribution in [2.24, 2.45) is 0 Å². The summed E-state index contributed by atoms with van der Waals surface area (Å²) < 4.78 is 43.5. The van der Waals surface area contributed by atoms with Crippen molar-refractivity contribution in [2.45, 2.75) is 25.1 Å². The quantitative estimate of drug-likeness (QED) is 0.839. The number of carbonyl (C=O) groups excluding carboxylic acids is 1. The molecular formula is C18H15F3N2O2. The van der Waals surface area contributed by atoms with Gasteiger partial charge in [0.1, 0.15) is 6.10 Å². The van der Waals surface area contributed by atoms with E-state index in [4.69, 9.17) is 4.74 Å². The molecule has 1 atom stereocenters. The number of hydrogen-bond acceptors (Lipinski definition) is 3. The lowest BCUT2D eigenvalue weighted by molar-refractivity contribution is -0.137. The number of halogens is 3. The number of aryl methyl sites for hydroxylation is 1. The van der Waals surface area contributed by atoms with Crippen molar-refractivity contribution in [3.63, 3.8) is 0 Å². The van der Waals surface area contributed by atoms with Gasteiger partial charge >= 0.3 is 6.18 Å². The predicted molar refractivity (Wildman–Crippen MR) is 86.2 cm³/mol. The van der Waals surface area contributed by atoms with Gasteiger partial charge in [-0.3, -0.25) is 4.79 Å². The van der Waals surface area contributed by atoms with Crippen LogP contribution in [0.2, 0.25) is 0 Å². The van der Waals surface area contributed by atoms with Crippen molar-refractivity contribution in [1.82, 2.24) is 4.98 Å². The Bertz CT molecular complexity index is 801. The molecule has 1 unspecified atom stereocenters. The molecule has 4 nitrogen and oxygen atoms in total. The minimum atomic E-state index is -4.43. The minimum absolute atomic E-state index is 0.131. The number of carbonyl (C=O) groups is 1. The van der Waals surface area contributed by atoms with Crippen LogP contribution in [0.3, 0.4) is 0 Å². The maximum absolute atomic E-state index is 12.6. The number of nitrogens with one attached hydrogen (secondary N) is 1. The van der Waals surface area contributed by atoms with Crippen LogP contribution < -0.4 is 10.1 Å². The Kier molecular flexibility index (Phi) is 4.48. The van der Waals surface area contributed by atoms with E-state index in [1.807, 2.05) is 6.07 Å². The zero-order valence-electron chi connectivity index (χ0n) is 13.1. The van der Waals surface area contributed by atoms with Crippen molar-refractivity contribution in [3.05, 3.63) is 65.9 Å². The molecule has 1 aliphatic carbocycles. The standard InChI is InChI=1S/C18H15F3N2O2/c1-2-16(24)23-13-6-3-11-4-7-15(14(11)9-13)25-17-8-5-12(10-22-17)18(19,20)21/h2-3,5-6,8-10,15H,1,4,7H2,(H,23,24). The molecule has 1 aromatic carbocycles. The number of hydrogen-bond donors (Lipinski definition) is 1. The van der Waals surface area contributed by atoms with E-state index in [1.54, 1.807) is 12.1 Å². The molecule has 7 heteroatoms. The van der Waals surface area contributed by atoms with E-state index in [9.17, 15) is 18.0 Å². The highest BCUT2D eigenvalue weighted by Crippen LogP contribution is 2.36. The molecule has 0 saturated heterocycles. The average molecular weight is 348 g/mol. The van der Waals surface area contributed by atoms with E-state index in [-0.39, 0.29) is 17.9 Å². The molecular weight excluding hydrogens is 333 g/mol. The Hall–Kier alpha value is -2.83. The molecule has 0 bridgehead atoms. The van der Waals surface area contributed by atoms with Crippen molar-refractivity contribution < 1.29 is 22.7 Å². The van der Waals surface area contributed by atoms with Crippen LogP contribution in [-0.2, 0) is 17.4 Å². The third-order valence-corrected chi connectivity index (χ3v) is 3.95. The first-order valence-electron chi connectivity index (χ1n) is 7.63. The van der Waals surface area contributed by atoms with Gasteiger partial charge in [-0.05, 0) is 48.2 Å². The number of pyridine rings is 1. The molecule has 0 spiro atoms. The first-order chi connectivity index (χ1) is 11.9. The van der Waals surface area contributed by atoms with Crippen LogP contribution in [0.15, 0.2) is 49.2 Å². The van der Waals surface area contributed by atoms with Crippen LogP contribution in [0.5, 0.6) is 5.88 Å². The molecule has 0 fully saturated rings. The molecule has 1 N–H and O–H groups in total. The minimum Gasteiger partial charge on any atom is -0.469 e. The van der Waals surface area contributed by atoms with Gasteiger partial charge in [0.25, 0.3) is 0 Å². The molecule has 1 heterocycles. The molecule has 0 aliphatic heterocycles. The third kappa shape index (κ3) is 3.81. The fourth-order valence-electron chi connectivity index (χ4n) is 2.72. The van der Waals surface area contributed by atoms with Gasteiger partial charge < -0.3 is 10.1 Å². The SMILES string of the molecule is C=CC(=O)Nc1ccc2c(c1)C(Oc1ccc(C(F)(F)F)cn1)CC2. The maximum atomic E-state index is 12.6. The zero-order valence-corrected chi connectivity index (χ0v) is 13.1. The number of benzene rings is 1. The normalized spacial score (nSPS) is 16.2. The monoisotopic (exact) mass is 348 g/mol. The second-order valence-corrected chi connectivity index (χ2v) is 5.64. The van der Waals surface area contributed by atoms with Gasteiger partial charge in [0.05, 0.1) is 5.56 Å². The molecule has 2 aromatic rings. The Labute approximate surface area is 142 Å². The number of ether oxygens (including phenoxy) is 1. The molecule has 130 valence electrons. The topological polar surface area (TPSA) is 51.2 Å². The van der Waals surface area contributed by atoms with E-state index in [0.29, 0.717) is 12.1 Å². The molecule has 0 radical (unpaired) electrons. The first kappa shape index (κ1) is 17.0. The van der Waals surface area contributed by atoms with Gasteiger partial charge in [0, 0.05) is 18.0 Å². The average Bonchev–Trinajstić information content (AvgIpc) is 2.97. The second-order valence-electron chi connectivity index (χ2n) is 5.64. The fourth-order valence-corrected chi connectivity index (χ4v) is 2.72. The smallest absolute Gasteiger partial charge is 0.417 e. The van der Waals surface area contributed by atoms with Gasteiger partial charge in [-0.2, -0.15) is 13.2 Å². The highest BCUT2D eigenvalue weighted by molar-refractivity contribution is 5.98. The molecule has 1 amide bonds. The summed E-state index contributed by atoms with van der Waals surface area (Å²) in [5.74, 6) is -0.189. The van der Waals surface area contributed by atoms with Gasteiger partial charge in [-0.25, -0.2) is 4.98 Å². The van der Waals surface area contributed by atoms with Crippen LogP contribution in [0.25, 0.3) is 0 Å². The second kappa shape index (κ2) is 6.58. The summed E-state index contributed by atoms with van der Waals surface area (Å²) >= 11 is 0. The van der Waals surface area contributed by atoms with E-state index in [2.05, 4.69) is 16.9 Å². The predicted octanol–water partition coefficient (Wildman–Crippen LogP) is 4.29. The van der Waals surface area contributed by atoms with Gasteiger partial charge in [-0.1, -0.05) is 12.6 Å². The number of alkyl halides is 3. The lowest BCUT2D eigenvalue weighted by atomic mass is 10.1. The van der Waals surface area contributed by atoms with Gasteiger partial charge in [0.15, 0.2) is 0 Å². The molecule has 25 heavy (non-hydrogen) atoms. The number of rotatable bonds is 4. The molecule has 1 aliphatic rings. The number of nitrogens with zero attached hydrogens (tertiary/aromatic N) is 1. The maximum Gasteiger partial charge on any atom is 0.417 e. The molecule has 0 saturated carbocycles. The lowest BCUT2D eigenvalue weighted by Crippen LogP contribution is -2.10. The Balaban J connectivity index is 1.77. The third-order valence-electron chi connectivity index (χ3n) is 3.95. The van der Waals surface area contributed by atoms with Crippen molar-refractivity contribution >= 4 is 11.6 Å². The summed E-state index contributed by atoms with van der Waals surface area (Å²) in [7, 11) is 0. The van der Waals surface area contributed by atoms with E-state index < -0.39 is 11.7 Å². The lowest BCUT2D eigenvalue weighted by Gasteiger charge is -2.15. The van der Waals surface area contributed by atoms with E-state index >= 15 is 0 Å². The van der Waals surface area contributed by atoms with Crippen LogP contribution in [0.1, 0.15) is 29.2 Å².